The highest BCUT2D eigenvalue weighted by Gasteiger charge is 2.36. The fraction of sp³-hybridized carbons (Fsp3) is 0.529. The third kappa shape index (κ3) is 3.97. The average Bonchev–Trinajstić information content (AvgIpc) is 2.97. The predicted molar refractivity (Wildman–Crippen MR) is 89.3 cm³/mol. The molecule has 1 aliphatic rings. The summed E-state index contributed by atoms with van der Waals surface area (Å²) >= 11 is 0. The third-order valence-electron chi connectivity index (χ3n) is 4.13. The van der Waals surface area contributed by atoms with E-state index in [1.807, 2.05) is 6.92 Å². The Labute approximate surface area is 141 Å². The van der Waals surface area contributed by atoms with Gasteiger partial charge in [0.05, 0.1) is 38.5 Å². The van der Waals surface area contributed by atoms with Gasteiger partial charge in [0.15, 0.2) is 0 Å². The van der Waals surface area contributed by atoms with Gasteiger partial charge in [-0.3, -0.25) is 9.59 Å². The molecule has 2 atom stereocenters. The van der Waals surface area contributed by atoms with E-state index in [1.165, 1.54) is 7.11 Å². The first-order chi connectivity index (χ1) is 11.5. The number of hydrogen-bond acceptors (Lipinski definition) is 5. The molecule has 0 bridgehead atoms. The molecule has 7 heteroatoms. The largest absolute Gasteiger partial charge is 0.497 e. The van der Waals surface area contributed by atoms with Gasteiger partial charge in [-0.25, -0.2) is 0 Å². The lowest BCUT2D eigenvalue weighted by molar-refractivity contribution is -0.130. The van der Waals surface area contributed by atoms with Crippen molar-refractivity contribution in [2.45, 2.75) is 19.4 Å². The Morgan fingerprint density at radius 1 is 1.33 bits per heavy atom. The van der Waals surface area contributed by atoms with Gasteiger partial charge in [-0.2, -0.15) is 0 Å². The molecule has 1 saturated heterocycles. The molecule has 1 heterocycles. The first-order valence-electron chi connectivity index (χ1n) is 7.81. The van der Waals surface area contributed by atoms with Crippen LogP contribution >= 0.6 is 0 Å². The number of anilines is 1. The van der Waals surface area contributed by atoms with E-state index in [0.717, 1.165) is 0 Å². The van der Waals surface area contributed by atoms with E-state index in [0.29, 0.717) is 30.3 Å². The Kier molecular flexibility index (Phi) is 6.03. The van der Waals surface area contributed by atoms with Crippen molar-refractivity contribution in [3.05, 3.63) is 18.2 Å². The standard InChI is InChI=1S/C17H24N2O5/c1-11(10-22-2)19-9-12(7-16(19)20)17(21)18-14-8-13(23-3)5-6-15(14)24-4/h5-6,8,11-12H,7,9-10H2,1-4H3,(H,18,21)/t11-,12-/m1/s1. The van der Waals surface area contributed by atoms with E-state index in [2.05, 4.69) is 5.32 Å². The van der Waals surface area contributed by atoms with E-state index in [1.54, 1.807) is 37.3 Å². The number of amides is 2. The van der Waals surface area contributed by atoms with Gasteiger partial charge in [0.1, 0.15) is 11.5 Å². The number of benzene rings is 1. The normalized spacial score (nSPS) is 18.4. The van der Waals surface area contributed by atoms with E-state index in [9.17, 15) is 9.59 Å². The van der Waals surface area contributed by atoms with Gasteiger partial charge < -0.3 is 24.4 Å². The number of ether oxygens (including phenoxy) is 3. The van der Waals surface area contributed by atoms with Crippen LogP contribution in [-0.2, 0) is 14.3 Å². The second kappa shape index (κ2) is 8.01. The highest BCUT2D eigenvalue weighted by molar-refractivity contribution is 5.98. The Morgan fingerprint density at radius 3 is 2.71 bits per heavy atom. The number of carbonyl (C=O) groups excluding carboxylic acids is 2. The quantitative estimate of drug-likeness (QED) is 0.817. The van der Waals surface area contributed by atoms with Crippen molar-refractivity contribution in [1.82, 2.24) is 4.90 Å². The third-order valence-corrected chi connectivity index (χ3v) is 4.13. The van der Waals surface area contributed by atoms with Crippen LogP contribution in [0.1, 0.15) is 13.3 Å². The molecular formula is C17H24N2O5. The lowest BCUT2D eigenvalue weighted by atomic mass is 10.1. The van der Waals surface area contributed by atoms with Crippen molar-refractivity contribution >= 4 is 17.5 Å². The Balaban J connectivity index is 2.07. The highest BCUT2D eigenvalue weighted by atomic mass is 16.5. The lowest BCUT2D eigenvalue weighted by Gasteiger charge is -2.24. The summed E-state index contributed by atoms with van der Waals surface area (Å²) in [5.41, 5.74) is 0.526. The molecule has 0 radical (unpaired) electrons. The Hall–Kier alpha value is -2.28. The van der Waals surface area contributed by atoms with E-state index in [4.69, 9.17) is 14.2 Å². The number of nitrogens with one attached hydrogen (secondary N) is 1. The average molecular weight is 336 g/mol. The van der Waals surface area contributed by atoms with Gasteiger partial charge in [-0.1, -0.05) is 0 Å². The van der Waals surface area contributed by atoms with Gasteiger partial charge in [-0.15, -0.1) is 0 Å². The number of likely N-dealkylation sites (tertiary alicyclic amines) is 1. The maximum absolute atomic E-state index is 12.5. The predicted octanol–water partition coefficient (Wildman–Crippen LogP) is 1.53. The number of hydrogen-bond donors (Lipinski definition) is 1. The fourth-order valence-electron chi connectivity index (χ4n) is 2.81. The van der Waals surface area contributed by atoms with Crippen molar-refractivity contribution in [3.8, 4) is 11.5 Å². The van der Waals surface area contributed by atoms with Crippen molar-refractivity contribution in [2.24, 2.45) is 5.92 Å². The van der Waals surface area contributed by atoms with Crippen LogP contribution in [0.4, 0.5) is 5.69 Å². The van der Waals surface area contributed by atoms with Gasteiger partial charge in [-0.05, 0) is 19.1 Å². The number of rotatable bonds is 7. The zero-order valence-corrected chi connectivity index (χ0v) is 14.5. The first kappa shape index (κ1) is 18.1. The number of nitrogens with zero attached hydrogens (tertiary/aromatic N) is 1. The minimum atomic E-state index is -0.396. The van der Waals surface area contributed by atoms with E-state index in [-0.39, 0.29) is 24.3 Å². The van der Waals surface area contributed by atoms with Gasteiger partial charge in [0.2, 0.25) is 11.8 Å². The topological polar surface area (TPSA) is 77.1 Å². The Morgan fingerprint density at radius 2 is 2.08 bits per heavy atom. The van der Waals surface area contributed by atoms with Crippen molar-refractivity contribution in [1.29, 1.82) is 0 Å². The summed E-state index contributed by atoms with van der Waals surface area (Å²) < 4.78 is 15.5. The Bertz CT molecular complexity index is 605. The van der Waals surface area contributed by atoms with Crippen LogP contribution in [0.3, 0.4) is 0 Å². The molecule has 1 aliphatic heterocycles. The van der Waals surface area contributed by atoms with Crippen molar-refractivity contribution in [2.75, 3.05) is 39.8 Å². The summed E-state index contributed by atoms with van der Waals surface area (Å²) in [6.07, 6.45) is 0.201. The molecule has 1 fully saturated rings. The molecule has 24 heavy (non-hydrogen) atoms. The SMILES string of the molecule is COC[C@@H](C)N1C[C@H](C(=O)Nc2cc(OC)ccc2OC)CC1=O. The minimum Gasteiger partial charge on any atom is -0.497 e. The van der Waals surface area contributed by atoms with Crippen molar-refractivity contribution in [3.63, 3.8) is 0 Å². The van der Waals surface area contributed by atoms with Gasteiger partial charge >= 0.3 is 0 Å². The molecule has 1 N–H and O–H groups in total. The molecule has 0 unspecified atom stereocenters. The smallest absolute Gasteiger partial charge is 0.229 e. The molecule has 1 aromatic carbocycles. The summed E-state index contributed by atoms with van der Waals surface area (Å²) in [7, 11) is 4.68. The summed E-state index contributed by atoms with van der Waals surface area (Å²) in [5, 5.41) is 2.84. The molecule has 0 aromatic heterocycles. The minimum absolute atomic E-state index is 0.0303. The van der Waals surface area contributed by atoms with Crippen LogP contribution in [0.5, 0.6) is 11.5 Å². The zero-order valence-electron chi connectivity index (χ0n) is 14.5. The van der Waals surface area contributed by atoms with Crippen LogP contribution in [0.25, 0.3) is 0 Å². The first-order valence-corrected chi connectivity index (χ1v) is 7.81. The van der Waals surface area contributed by atoms with Crippen LogP contribution < -0.4 is 14.8 Å². The molecule has 1 aromatic rings. The molecule has 7 nitrogen and oxygen atoms in total. The monoisotopic (exact) mass is 336 g/mol. The molecule has 2 rings (SSSR count). The van der Waals surface area contributed by atoms with Crippen LogP contribution in [0.15, 0.2) is 18.2 Å². The second-order valence-electron chi connectivity index (χ2n) is 5.81. The van der Waals surface area contributed by atoms with Crippen LogP contribution in [0.2, 0.25) is 0 Å². The molecule has 0 saturated carbocycles. The summed E-state index contributed by atoms with van der Waals surface area (Å²) in [6, 6.07) is 5.12. The number of carbonyl (C=O) groups is 2. The second-order valence-corrected chi connectivity index (χ2v) is 5.81. The molecule has 0 aliphatic carbocycles. The molecule has 2 amide bonds. The van der Waals surface area contributed by atoms with E-state index < -0.39 is 5.92 Å². The molecule has 132 valence electrons. The molecule has 0 spiro atoms. The van der Waals surface area contributed by atoms with Crippen LogP contribution in [0, 0.1) is 5.92 Å². The molecular weight excluding hydrogens is 312 g/mol. The van der Waals surface area contributed by atoms with Crippen LogP contribution in [-0.4, -0.2) is 57.2 Å². The van der Waals surface area contributed by atoms with Crippen molar-refractivity contribution < 1.29 is 23.8 Å². The van der Waals surface area contributed by atoms with Gasteiger partial charge in [0.25, 0.3) is 0 Å². The zero-order chi connectivity index (χ0) is 17.7. The van der Waals surface area contributed by atoms with Gasteiger partial charge in [0, 0.05) is 26.1 Å². The number of methoxy groups -OCH3 is 3. The maximum Gasteiger partial charge on any atom is 0.229 e. The van der Waals surface area contributed by atoms with E-state index >= 15 is 0 Å². The summed E-state index contributed by atoms with van der Waals surface area (Å²) in [4.78, 5) is 26.4. The maximum atomic E-state index is 12.5. The lowest BCUT2D eigenvalue weighted by Crippen LogP contribution is -2.38. The summed E-state index contributed by atoms with van der Waals surface area (Å²) in [5.74, 6) is 0.522. The summed E-state index contributed by atoms with van der Waals surface area (Å²) in [6.45, 7) is 2.75. The fourth-order valence-corrected chi connectivity index (χ4v) is 2.81. The highest BCUT2D eigenvalue weighted by Crippen LogP contribution is 2.30.